The molecular weight excluding hydrogens is 262 g/mol. The fourth-order valence-electron chi connectivity index (χ4n) is 3.69. The molecule has 3 N–H and O–H groups in total. The van der Waals surface area contributed by atoms with Crippen molar-refractivity contribution in [3.63, 3.8) is 0 Å². The maximum atomic E-state index is 12.2. The summed E-state index contributed by atoms with van der Waals surface area (Å²) < 4.78 is 0. The first kappa shape index (κ1) is 16.8. The maximum Gasteiger partial charge on any atom is 0.239 e. The molecule has 0 aromatic carbocycles. The summed E-state index contributed by atoms with van der Waals surface area (Å²) in [5, 5.41) is 3.52. The minimum Gasteiger partial charge on any atom is -0.368 e. The van der Waals surface area contributed by atoms with Gasteiger partial charge in [0, 0.05) is 12.6 Å². The van der Waals surface area contributed by atoms with Crippen molar-refractivity contribution in [1.29, 1.82) is 0 Å². The number of piperidine rings is 1. The van der Waals surface area contributed by atoms with Crippen LogP contribution in [0.25, 0.3) is 0 Å². The van der Waals surface area contributed by atoms with Crippen LogP contribution in [0, 0.1) is 11.3 Å². The van der Waals surface area contributed by atoms with Gasteiger partial charge < -0.3 is 10.6 Å². The number of nitrogens with two attached hydrogens (primary N) is 1. The van der Waals surface area contributed by atoms with E-state index in [4.69, 9.17) is 5.73 Å². The molecule has 2 rings (SSSR count). The highest BCUT2D eigenvalue weighted by Gasteiger charge is 2.51. The lowest BCUT2D eigenvalue weighted by atomic mass is 9.77. The third kappa shape index (κ3) is 3.78. The highest BCUT2D eigenvalue weighted by molar-refractivity contribution is 5.86. The van der Waals surface area contributed by atoms with Crippen molar-refractivity contribution in [3.05, 3.63) is 0 Å². The van der Waals surface area contributed by atoms with Crippen LogP contribution in [-0.4, -0.2) is 42.0 Å². The van der Waals surface area contributed by atoms with Gasteiger partial charge >= 0.3 is 0 Å². The van der Waals surface area contributed by atoms with E-state index in [0.717, 1.165) is 32.5 Å². The zero-order valence-electron chi connectivity index (χ0n) is 14.2. The second-order valence-corrected chi connectivity index (χ2v) is 7.85. The standard InChI is InChI=1S/C17H33N3O/c1-5-16(4)8-10-20(11-9-16)12-17(15(18)21,14-6-7-14)19-13(2)3/h13-14,19H,5-12H2,1-4H3,(H2,18,21). The number of likely N-dealkylation sites (tertiary alicyclic amines) is 1. The Bertz CT molecular complexity index is 370. The number of rotatable bonds is 7. The van der Waals surface area contributed by atoms with Gasteiger partial charge in [0.1, 0.15) is 5.54 Å². The van der Waals surface area contributed by atoms with Crippen molar-refractivity contribution < 1.29 is 4.79 Å². The minimum atomic E-state index is -0.520. The molecule has 1 aliphatic heterocycles. The lowest BCUT2D eigenvalue weighted by Gasteiger charge is -2.44. The average Bonchev–Trinajstić information content (AvgIpc) is 3.24. The molecule has 0 radical (unpaired) electrons. The summed E-state index contributed by atoms with van der Waals surface area (Å²) in [4.78, 5) is 14.7. The van der Waals surface area contributed by atoms with E-state index in [1.54, 1.807) is 0 Å². The van der Waals surface area contributed by atoms with Crippen LogP contribution in [0.4, 0.5) is 0 Å². The molecule has 2 fully saturated rings. The lowest BCUT2D eigenvalue weighted by molar-refractivity contribution is -0.127. The van der Waals surface area contributed by atoms with E-state index in [1.165, 1.54) is 19.3 Å². The zero-order chi connectivity index (χ0) is 15.7. The molecule has 0 bridgehead atoms. The van der Waals surface area contributed by atoms with Crippen molar-refractivity contribution in [2.75, 3.05) is 19.6 Å². The van der Waals surface area contributed by atoms with Gasteiger partial charge in [0.25, 0.3) is 0 Å². The first-order valence-corrected chi connectivity index (χ1v) is 8.61. The molecule has 0 spiro atoms. The molecule has 1 heterocycles. The third-order valence-corrected chi connectivity index (χ3v) is 5.65. The molecule has 122 valence electrons. The first-order chi connectivity index (χ1) is 9.81. The fourth-order valence-corrected chi connectivity index (χ4v) is 3.69. The van der Waals surface area contributed by atoms with E-state index in [9.17, 15) is 4.79 Å². The predicted octanol–water partition coefficient (Wildman–Crippen LogP) is 2.13. The van der Waals surface area contributed by atoms with E-state index < -0.39 is 5.54 Å². The van der Waals surface area contributed by atoms with E-state index in [2.05, 4.69) is 37.9 Å². The number of hydrogen-bond donors (Lipinski definition) is 2. The highest BCUT2D eigenvalue weighted by Crippen LogP contribution is 2.42. The fraction of sp³-hybridized carbons (Fsp3) is 0.941. The number of amides is 1. The Labute approximate surface area is 129 Å². The summed E-state index contributed by atoms with van der Waals surface area (Å²) in [6, 6.07) is 0.281. The number of hydrogen-bond acceptors (Lipinski definition) is 3. The van der Waals surface area contributed by atoms with Gasteiger partial charge in [-0.3, -0.25) is 10.1 Å². The molecule has 4 heteroatoms. The first-order valence-electron chi connectivity index (χ1n) is 8.61. The van der Waals surface area contributed by atoms with Crippen molar-refractivity contribution in [2.45, 2.75) is 71.4 Å². The second-order valence-electron chi connectivity index (χ2n) is 7.85. The summed E-state index contributed by atoms with van der Waals surface area (Å²) in [5.41, 5.74) is 5.79. The number of carbonyl (C=O) groups excluding carboxylic acids is 1. The molecule has 1 aliphatic carbocycles. The summed E-state index contributed by atoms with van der Waals surface area (Å²) >= 11 is 0. The molecule has 21 heavy (non-hydrogen) atoms. The topological polar surface area (TPSA) is 58.4 Å². The Kier molecular flexibility index (Phi) is 4.99. The average molecular weight is 295 g/mol. The molecule has 1 saturated carbocycles. The summed E-state index contributed by atoms with van der Waals surface area (Å²) in [6.07, 6.45) is 5.95. The van der Waals surface area contributed by atoms with Crippen molar-refractivity contribution in [2.24, 2.45) is 17.1 Å². The second kappa shape index (κ2) is 6.25. The summed E-state index contributed by atoms with van der Waals surface area (Å²) in [7, 11) is 0. The zero-order valence-corrected chi connectivity index (χ0v) is 14.2. The van der Waals surface area contributed by atoms with Crippen molar-refractivity contribution in [3.8, 4) is 0 Å². The molecule has 1 atom stereocenters. The van der Waals surface area contributed by atoms with Crippen molar-refractivity contribution in [1.82, 2.24) is 10.2 Å². The number of carbonyl (C=O) groups is 1. The number of nitrogens with zero attached hydrogens (tertiary/aromatic N) is 1. The molecule has 0 aromatic rings. The van der Waals surface area contributed by atoms with Crippen LogP contribution in [0.15, 0.2) is 0 Å². The number of nitrogens with one attached hydrogen (secondary N) is 1. The lowest BCUT2D eigenvalue weighted by Crippen LogP contribution is -2.65. The van der Waals surface area contributed by atoms with Gasteiger partial charge in [-0.1, -0.05) is 20.3 Å². The van der Waals surface area contributed by atoms with E-state index in [-0.39, 0.29) is 11.9 Å². The van der Waals surface area contributed by atoms with Crippen LogP contribution < -0.4 is 11.1 Å². The molecule has 4 nitrogen and oxygen atoms in total. The molecule has 0 aromatic heterocycles. The SMILES string of the molecule is CCC1(C)CCN(CC(NC(C)C)(C(N)=O)C2CC2)CC1. The highest BCUT2D eigenvalue weighted by atomic mass is 16.1. The minimum absolute atomic E-state index is 0.164. The Hall–Kier alpha value is -0.610. The normalized spacial score (nSPS) is 25.8. The summed E-state index contributed by atoms with van der Waals surface area (Å²) in [5.74, 6) is 0.263. The van der Waals surface area contributed by atoms with Crippen LogP contribution in [0.3, 0.4) is 0 Å². The van der Waals surface area contributed by atoms with E-state index in [0.29, 0.717) is 11.3 Å². The smallest absolute Gasteiger partial charge is 0.239 e. The van der Waals surface area contributed by atoms with Gasteiger partial charge in [-0.25, -0.2) is 0 Å². The largest absolute Gasteiger partial charge is 0.368 e. The Morgan fingerprint density at radius 1 is 1.38 bits per heavy atom. The molecule has 2 aliphatic rings. The van der Waals surface area contributed by atoms with Gasteiger partial charge in [0.15, 0.2) is 0 Å². The van der Waals surface area contributed by atoms with Crippen LogP contribution in [-0.2, 0) is 4.79 Å². The van der Waals surface area contributed by atoms with Gasteiger partial charge in [-0.15, -0.1) is 0 Å². The van der Waals surface area contributed by atoms with Gasteiger partial charge in [-0.2, -0.15) is 0 Å². The Morgan fingerprint density at radius 3 is 2.33 bits per heavy atom. The quantitative estimate of drug-likeness (QED) is 0.756. The van der Waals surface area contributed by atoms with Gasteiger partial charge in [0.2, 0.25) is 5.91 Å². The van der Waals surface area contributed by atoms with E-state index >= 15 is 0 Å². The molecule has 1 unspecified atom stereocenters. The van der Waals surface area contributed by atoms with E-state index in [1.807, 2.05) is 0 Å². The van der Waals surface area contributed by atoms with Gasteiger partial charge in [0.05, 0.1) is 0 Å². The Balaban J connectivity index is 2.04. The predicted molar refractivity (Wildman–Crippen MR) is 87.0 cm³/mol. The van der Waals surface area contributed by atoms with Crippen LogP contribution >= 0.6 is 0 Å². The summed E-state index contributed by atoms with van der Waals surface area (Å²) in [6.45, 7) is 11.8. The van der Waals surface area contributed by atoms with Gasteiger partial charge in [-0.05, 0) is 64.0 Å². The third-order valence-electron chi connectivity index (χ3n) is 5.65. The monoisotopic (exact) mass is 295 g/mol. The Morgan fingerprint density at radius 2 is 1.95 bits per heavy atom. The maximum absolute atomic E-state index is 12.2. The molecule has 1 amide bonds. The number of primary amides is 1. The van der Waals surface area contributed by atoms with Crippen LogP contribution in [0.2, 0.25) is 0 Å². The van der Waals surface area contributed by atoms with Crippen LogP contribution in [0.5, 0.6) is 0 Å². The molecular formula is C17H33N3O. The molecule has 1 saturated heterocycles. The van der Waals surface area contributed by atoms with Crippen LogP contribution in [0.1, 0.15) is 59.8 Å². The van der Waals surface area contributed by atoms with Crippen molar-refractivity contribution >= 4 is 5.91 Å².